The van der Waals surface area contributed by atoms with E-state index < -0.39 is 0 Å². The number of benzene rings is 2. The molecule has 0 aliphatic carbocycles. The highest BCUT2D eigenvalue weighted by molar-refractivity contribution is 5.29. The second-order valence-electron chi connectivity index (χ2n) is 4.15. The maximum Gasteiger partial charge on any atom is -0.00258 e. The predicted molar refractivity (Wildman–Crippen MR) is 71.9 cm³/mol. The molecule has 2 rings (SSSR count). The van der Waals surface area contributed by atoms with E-state index in [-0.39, 0.29) is 7.43 Å². The van der Waals surface area contributed by atoms with Gasteiger partial charge in [0, 0.05) is 0 Å². The van der Waals surface area contributed by atoms with Crippen LogP contribution in [0.5, 0.6) is 0 Å². The summed E-state index contributed by atoms with van der Waals surface area (Å²) >= 11 is 0. The Morgan fingerprint density at radius 3 is 1.25 bits per heavy atom. The zero-order valence-corrected chi connectivity index (χ0v) is 9.33. The SMILES string of the molecule is C.Cc1ccc(Cc2ccc(C)cc2)cc1. The first-order valence-corrected chi connectivity index (χ1v) is 5.35. The predicted octanol–water partition coefficient (Wildman–Crippen LogP) is 4.53. The van der Waals surface area contributed by atoms with E-state index in [9.17, 15) is 0 Å². The largest absolute Gasteiger partial charge is 0.0776 e. The van der Waals surface area contributed by atoms with Gasteiger partial charge in [-0.3, -0.25) is 0 Å². The number of rotatable bonds is 2. The maximum atomic E-state index is 2.20. The fraction of sp³-hybridized carbons (Fsp3) is 0.250. The summed E-state index contributed by atoms with van der Waals surface area (Å²) in [7, 11) is 0. The third-order valence-electron chi connectivity index (χ3n) is 2.65. The third kappa shape index (κ3) is 3.23. The summed E-state index contributed by atoms with van der Waals surface area (Å²) < 4.78 is 0. The van der Waals surface area contributed by atoms with Crippen LogP contribution in [0.4, 0.5) is 0 Å². The minimum Gasteiger partial charge on any atom is -0.0776 e. The van der Waals surface area contributed by atoms with Crippen LogP contribution in [0, 0.1) is 13.8 Å². The highest BCUT2D eigenvalue weighted by Gasteiger charge is 1.95. The molecule has 0 fully saturated rings. The molecule has 0 aliphatic rings. The number of hydrogen-bond donors (Lipinski definition) is 0. The summed E-state index contributed by atoms with van der Waals surface area (Å²) in [6.45, 7) is 4.24. The van der Waals surface area contributed by atoms with Gasteiger partial charge in [-0.05, 0) is 31.4 Å². The average Bonchev–Trinajstić information content (AvgIpc) is 2.25. The molecule has 0 N–H and O–H groups in total. The van der Waals surface area contributed by atoms with Crippen LogP contribution in [0.15, 0.2) is 48.5 Å². The molecule has 16 heavy (non-hydrogen) atoms. The van der Waals surface area contributed by atoms with Crippen LogP contribution >= 0.6 is 0 Å². The summed E-state index contributed by atoms with van der Waals surface area (Å²) in [4.78, 5) is 0. The zero-order valence-electron chi connectivity index (χ0n) is 9.33. The van der Waals surface area contributed by atoms with Crippen molar-refractivity contribution in [3.8, 4) is 0 Å². The van der Waals surface area contributed by atoms with Crippen molar-refractivity contribution in [2.24, 2.45) is 0 Å². The molecular formula is C16H20. The van der Waals surface area contributed by atoms with E-state index in [0.29, 0.717) is 0 Å². The van der Waals surface area contributed by atoms with Gasteiger partial charge in [0.25, 0.3) is 0 Å². The van der Waals surface area contributed by atoms with Crippen LogP contribution in [0.3, 0.4) is 0 Å². The third-order valence-corrected chi connectivity index (χ3v) is 2.65. The molecule has 0 bridgehead atoms. The molecule has 2 aromatic carbocycles. The van der Waals surface area contributed by atoms with Crippen molar-refractivity contribution in [1.82, 2.24) is 0 Å². The molecule has 0 spiro atoms. The van der Waals surface area contributed by atoms with E-state index in [4.69, 9.17) is 0 Å². The van der Waals surface area contributed by atoms with Gasteiger partial charge in [-0.25, -0.2) is 0 Å². The topological polar surface area (TPSA) is 0 Å². The first kappa shape index (κ1) is 12.5. The normalized spacial score (nSPS) is 9.62. The highest BCUT2D eigenvalue weighted by atomic mass is 14.0. The first-order valence-electron chi connectivity index (χ1n) is 5.35. The van der Waals surface area contributed by atoms with Crippen LogP contribution in [0.25, 0.3) is 0 Å². The molecule has 84 valence electrons. The van der Waals surface area contributed by atoms with E-state index in [2.05, 4.69) is 62.4 Å². The fourth-order valence-electron chi connectivity index (χ4n) is 1.65. The standard InChI is InChI=1S/C15H16.CH4/c1-12-3-7-14(8-4-12)11-15-9-5-13(2)6-10-15;/h3-10H,11H2,1-2H3;1H4. The van der Waals surface area contributed by atoms with Crippen LogP contribution in [0.2, 0.25) is 0 Å². The number of hydrogen-bond acceptors (Lipinski definition) is 0. The van der Waals surface area contributed by atoms with Gasteiger partial charge in [0.15, 0.2) is 0 Å². The van der Waals surface area contributed by atoms with Gasteiger partial charge in [0.2, 0.25) is 0 Å². The van der Waals surface area contributed by atoms with Crippen molar-refractivity contribution in [1.29, 1.82) is 0 Å². The summed E-state index contributed by atoms with van der Waals surface area (Å²) in [6.07, 6.45) is 1.03. The van der Waals surface area contributed by atoms with Gasteiger partial charge < -0.3 is 0 Å². The fourth-order valence-corrected chi connectivity index (χ4v) is 1.65. The van der Waals surface area contributed by atoms with Crippen molar-refractivity contribution in [3.63, 3.8) is 0 Å². The van der Waals surface area contributed by atoms with Crippen molar-refractivity contribution in [3.05, 3.63) is 70.8 Å². The number of aryl methyl sites for hydroxylation is 2. The minimum atomic E-state index is 0. The quantitative estimate of drug-likeness (QED) is 0.686. The summed E-state index contributed by atoms with van der Waals surface area (Å²) in [5, 5.41) is 0. The van der Waals surface area contributed by atoms with Crippen LogP contribution in [0.1, 0.15) is 29.7 Å². The average molecular weight is 212 g/mol. The summed E-state index contributed by atoms with van der Waals surface area (Å²) in [5.74, 6) is 0. The molecular weight excluding hydrogens is 192 g/mol. The zero-order chi connectivity index (χ0) is 10.7. The smallest absolute Gasteiger partial charge is 0.00258 e. The molecule has 0 heteroatoms. The minimum absolute atomic E-state index is 0. The van der Waals surface area contributed by atoms with Crippen molar-refractivity contribution in [2.45, 2.75) is 27.7 Å². The monoisotopic (exact) mass is 212 g/mol. The van der Waals surface area contributed by atoms with Gasteiger partial charge in [0.1, 0.15) is 0 Å². The lowest BCUT2D eigenvalue weighted by Gasteiger charge is -2.03. The van der Waals surface area contributed by atoms with Crippen molar-refractivity contribution >= 4 is 0 Å². The Morgan fingerprint density at radius 1 is 0.625 bits per heavy atom. The second-order valence-corrected chi connectivity index (χ2v) is 4.15. The van der Waals surface area contributed by atoms with Crippen molar-refractivity contribution < 1.29 is 0 Å². The lowest BCUT2D eigenvalue weighted by molar-refractivity contribution is 1.18. The van der Waals surface area contributed by atoms with Crippen LogP contribution < -0.4 is 0 Å². The second kappa shape index (κ2) is 5.50. The highest BCUT2D eigenvalue weighted by Crippen LogP contribution is 2.11. The molecule has 0 saturated heterocycles. The van der Waals surface area contributed by atoms with E-state index >= 15 is 0 Å². The molecule has 0 radical (unpaired) electrons. The Morgan fingerprint density at radius 2 is 0.938 bits per heavy atom. The molecule has 0 amide bonds. The van der Waals surface area contributed by atoms with E-state index in [1.54, 1.807) is 0 Å². The van der Waals surface area contributed by atoms with E-state index in [1.807, 2.05) is 0 Å². The Hall–Kier alpha value is -1.56. The molecule has 0 aliphatic heterocycles. The first-order chi connectivity index (χ1) is 7.24. The lowest BCUT2D eigenvalue weighted by atomic mass is 10.0. The van der Waals surface area contributed by atoms with Crippen LogP contribution in [-0.2, 0) is 6.42 Å². The van der Waals surface area contributed by atoms with Gasteiger partial charge in [-0.1, -0.05) is 67.1 Å². The Bertz CT molecular complexity index is 377. The van der Waals surface area contributed by atoms with E-state index in [1.165, 1.54) is 22.3 Å². The van der Waals surface area contributed by atoms with Gasteiger partial charge in [-0.15, -0.1) is 0 Å². The molecule has 0 saturated carbocycles. The molecule has 0 aromatic heterocycles. The Kier molecular flexibility index (Phi) is 4.30. The van der Waals surface area contributed by atoms with Gasteiger partial charge in [-0.2, -0.15) is 0 Å². The molecule has 0 heterocycles. The Balaban J connectivity index is 0.00000128. The molecule has 0 unspecified atom stereocenters. The summed E-state index contributed by atoms with van der Waals surface area (Å²) in [6, 6.07) is 17.5. The van der Waals surface area contributed by atoms with Crippen molar-refractivity contribution in [2.75, 3.05) is 0 Å². The lowest BCUT2D eigenvalue weighted by Crippen LogP contribution is -1.88. The van der Waals surface area contributed by atoms with Crippen LogP contribution in [-0.4, -0.2) is 0 Å². The molecule has 0 nitrogen and oxygen atoms in total. The van der Waals surface area contributed by atoms with E-state index in [0.717, 1.165) is 6.42 Å². The Labute approximate surface area is 99.0 Å². The summed E-state index contributed by atoms with van der Waals surface area (Å²) in [5.41, 5.74) is 5.40. The maximum absolute atomic E-state index is 2.20. The molecule has 2 aromatic rings. The molecule has 0 atom stereocenters. The van der Waals surface area contributed by atoms with Gasteiger partial charge >= 0.3 is 0 Å². The van der Waals surface area contributed by atoms with Gasteiger partial charge in [0.05, 0.1) is 0 Å².